The fourth-order valence-corrected chi connectivity index (χ4v) is 4.42. The van der Waals surface area contributed by atoms with E-state index in [0.717, 1.165) is 43.7 Å². The lowest BCUT2D eigenvalue weighted by molar-refractivity contribution is -0.0359. The zero-order valence-electron chi connectivity index (χ0n) is 16.6. The van der Waals surface area contributed by atoms with E-state index >= 15 is 0 Å². The number of allylic oxidation sites excluding steroid dienone is 1. The van der Waals surface area contributed by atoms with Gasteiger partial charge in [-0.1, -0.05) is 0 Å². The maximum Gasteiger partial charge on any atom is 0.167 e. The number of benzene rings is 1. The Morgan fingerprint density at radius 1 is 1.19 bits per heavy atom. The van der Waals surface area contributed by atoms with Crippen LogP contribution in [-0.2, 0) is 0 Å². The molecule has 0 bridgehead atoms. The molecule has 0 unspecified atom stereocenters. The third-order valence-electron chi connectivity index (χ3n) is 5.92. The molecule has 0 atom stereocenters. The van der Waals surface area contributed by atoms with E-state index in [2.05, 4.69) is 14.9 Å². The Morgan fingerprint density at radius 3 is 2.71 bits per heavy atom. The molecule has 3 heterocycles. The molecule has 1 saturated carbocycles. The maximum absolute atomic E-state index is 13.8. The van der Waals surface area contributed by atoms with Crippen LogP contribution in [0, 0.1) is 22.5 Å². The topological polar surface area (TPSA) is 101 Å². The number of anilines is 1. The van der Waals surface area contributed by atoms with Gasteiger partial charge in [-0.2, -0.15) is 0 Å². The molecule has 2 aromatic heterocycles. The number of hydrogen-bond acceptors (Lipinski definition) is 7. The lowest BCUT2D eigenvalue weighted by Gasteiger charge is -2.59. The van der Waals surface area contributed by atoms with E-state index in [4.69, 9.17) is 20.9 Å². The molecule has 1 aliphatic heterocycles. The quantitative estimate of drug-likeness (QED) is 0.612. The van der Waals surface area contributed by atoms with Crippen molar-refractivity contribution < 1.29 is 13.5 Å². The number of fused-ring (bicyclic) bond motifs is 1. The molecular weight excluding hydrogens is 402 g/mol. The zero-order chi connectivity index (χ0) is 21.6. The lowest BCUT2D eigenvalue weighted by Crippen LogP contribution is -2.65. The SMILES string of the molecule is N=C/C(=C\N)c1nc2cnccc2nc1N1CC2(CC(Oc3ccc(F)cc3F)C2)C1. The predicted octanol–water partition coefficient (Wildman–Crippen LogP) is 3.30. The zero-order valence-corrected chi connectivity index (χ0v) is 16.6. The number of rotatable bonds is 5. The second-order valence-corrected chi connectivity index (χ2v) is 8.11. The highest BCUT2D eigenvalue weighted by atomic mass is 19.1. The third kappa shape index (κ3) is 3.35. The Morgan fingerprint density at radius 2 is 2.00 bits per heavy atom. The number of aromatic nitrogens is 3. The minimum atomic E-state index is -0.686. The average molecular weight is 422 g/mol. The van der Waals surface area contributed by atoms with Gasteiger partial charge in [0.2, 0.25) is 0 Å². The Bertz CT molecular complexity index is 1200. The number of nitrogens with zero attached hydrogens (tertiary/aromatic N) is 4. The molecule has 1 aliphatic carbocycles. The van der Waals surface area contributed by atoms with Crippen molar-refractivity contribution in [3.63, 3.8) is 0 Å². The molecule has 3 aromatic rings. The second kappa shape index (κ2) is 7.26. The van der Waals surface area contributed by atoms with E-state index in [0.29, 0.717) is 22.6 Å². The van der Waals surface area contributed by atoms with Crippen molar-refractivity contribution in [2.45, 2.75) is 18.9 Å². The van der Waals surface area contributed by atoms with Crippen molar-refractivity contribution in [1.82, 2.24) is 15.0 Å². The normalized spacial score (nSPS) is 18.0. The average Bonchev–Trinajstić information content (AvgIpc) is 2.71. The first-order valence-corrected chi connectivity index (χ1v) is 9.91. The fourth-order valence-electron chi connectivity index (χ4n) is 4.42. The summed E-state index contributed by atoms with van der Waals surface area (Å²) in [6.07, 6.45) is 7.27. The number of hydrogen-bond donors (Lipinski definition) is 2. The molecule has 2 fully saturated rings. The highest BCUT2D eigenvalue weighted by Crippen LogP contribution is 2.51. The van der Waals surface area contributed by atoms with Crippen LogP contribution in [0.1, 0.15) is 18.5 Å². The van der Waals surface area contributed by atoms with Gasteiger partial charge in [-0.05, 0) is 31.0 Å². The Labute approximate surface area is 177 Å². The largest absolute Gasteiger partial charge is 0.487 e. The number of halogens is 2. The van der Waals surface area contributed by atoms with Gasteiger partial charge in [-0.15, -0.1) is 0 Å². The minimum Gasteiger partial charge on any atom is -0.487 e. The van der Waals surface area contributed by atoms with Gasteiger partial charge in [-0.3, -0.25) is 4.98 Å². The van der Waals surface area contributed by atoms with Crippen LogP contribution in [-0.4, -0.2) is 40.4 Å². The smallest absolute Gasteiger partial charge is 0.167 e. The number of ether oxygens (including phenoxy) is 1. The van der Waals surface area contributed by atoms with Crippen LogP contribution >= 0.6 is 0 Å². The van der Waals surface area contributed by atoms with Crippen molar-refractivity contribution in [1.29, 1.82) is 5.41 Å². The van der Waals surface area contributed by atoms with Crippen LogP contribution in [0.5, 0.6) is 5.75 Å². The van der Waals surface area contributed by atoms with Crippen molar-refractivity contribution in [2.24, 2.45) is 11.1 Å². The molecule has 0 radical (unpaired) electrons. The van der Waals surface area contributed by atoms with Gasteiger partial charge in [0.1, 0.15) is 23.1 Å². The first kappa shape index (κ1) is 19.3. The number of pyridine rings is 1. The molecule has 0 amide bonds. The molecular formula is C22H20F2N6O. The van der Waals surface area contributed by atoms with Crippen LogP contribution < -0.4 is 15.4 Å². The molecule has 1 spiro atoms. The van der Waals surface area contributed by atoms with Gasteiger partial charge in [0.15, 0.2) is 17.4 Å². The second-order valence-electron chi connectivity index (χ2n) is 8.11. The summed E-state index contributed by atoms with van der Waals surface area (Å²) in [6, 6.07) is 5.15. The summed E-state index contributed by atoms with van der Waals surface area (Å²) >= 11 is 0. The summed E-state index contributed by atoms with van der Waals surface area (Å²) in [5.41, 5.74) is 8.17. The van der Waals surface area contributed by atoms with Gasteiger partial charge >= 0.3 is 0 Å². The van der Waals surface area contributed by atoms with Crippen molar-refractivity contribution in [3.05, 3.63) is 60.2 Å². The maximum atomic E-state index is 13.8. The summed E-state index contributed by atoms with van der Waals surface area (Å²) in [4.78, 5) is 15.6. The lowest BCUT2D eigenvalue weighted by atomic mass is 9.61. The molecule has 1 saturated heterocycles. The molecule has 5 rings (SSSR count). The van der Waals surface area contributed by atoms with E-state index in [1.54, 1.807) is 18.5 Å². The van der Waals surface area contributed by atoms with Crippen LogP contribution in [0.15, 0.2) is 42.9 Å². The van der Waals surface area contributed by atoms with E-state index in [-0.39, 0.29) is 17.3 Å². The molecule has 158 valence electrons. The molecule has 9 heteroatoms. The highest BCUT2D eigenvalue weighted by Gasteiger charge is 2.54. The summed E-state index contributed by atoms with van der Waals surface area (Å²) in [5.74, 6) is -0.547. The van der Waals surface area contributed by atoms with Crippen molar-refractivity contribution in [3.8, 4) is 5.75 Å². The van der Waals surface area contributed by atoms with Crippen LogP contribution in [0.2, 0.25) is 0 Å². The van der Waals surface area contributed by atoms with Gasteiger partial charge in [0.05, 0.1) is 11.7 Å². The fraction of sp³-hybridized carbons (Fsp3) is 0.273. The van der Waals surface area contributed by atoms with Crippen LogP contribution in [0.25, 0.3) is 16.6 Å². The van der Waals surface area contributed by atoms with E-state index in [1.165, 1.54) is 18.3 Å². The standard InChI is InChI=1S/C22H20F2N6O/c23-14-1-2-19(16(24)5-14)31-15-6-22(7-15)11-30(12-22)21-20(13(8-25)9-26)28-18-10-27-4-3-17(18)29-21/h1-5,8-10,15,25H,6-7,11-12,26H2/b13-9+,25-8?. The minimum absolute atomic E-state index is 0.0740. The highest BCUT2D eigenvalue weighted by molar-refractivity contribution is 6.09. The first-order chi connectivity index (χ1) is 15.0. The van der Waals surface area contributed by atoms with Gasteiger partial charge in [0, 0.05) is 48.8 Å². The molecule has 3 N–H and O–H groups in total. The van der Waals surface area contributed by atoms with Gasteiger partial charge < -0.3 is 20.8 Å². The monoisotopic (exact) mass is 422 g/mol. The van der Waals surface area contributed by atoms with Crippen molar-refractivity contribution >= 4 is 28.6 Å². The molecule has 1 aromatic carbocycles. The summed E-state index contributed by atoms with van der Waals surface area (Å²) in [7, 11) is 0. The Hall–Kier alpha value is -3.62. The summed E-state index contributed by atoms with van der Waals surface area (Å²) in [6.45, 7) is 1.51. The molecule has 31 heavy (non-hydrogen) atoms. The Kier molecular flexibility index (Phi) is 4.53. The van der Waals surface area contributed by atoms with Crippen LogP contribution in [0.3, 0.4) is 0 Å². The van der Waals surface area contributed by atoms with Gasteiger partial charge in [-0.25, -0.2) is 18.7 Å². The molecule has 7 nitrogen and oxygen atoms in total. The van der Waals surface area contributed by atoms with E-state index in [1.807, 2.05) is 0 Å². The predicted molar refractivity (Wildman–Crippen MR) is 113 cm³/mol. The molecule has 2 aliphatic rings. The number of nitrogens with two attached hydrogens (primary N) is 1. The first-order valence-electron chi connectivity index (χ1n) is 9.91. The van der Waals surface area contributed by atoms with Crippen LogP contribution in [0.4, 0.5) is 14.6 Å². The Balaban J connectivity index is 1.32. The van der Waals surface area contributed by atoms with E-state index < -0.39 is 11.6 Å². The third-order valence-corrected chi connectivity index (χ3v) is 5.92. The summed E-state index contributed by atoms with van der Waals surface area (Å²) in [5, 5.41) is 7.66. The van der Waals surface area contributed by atoms with Crippen molar-refractivity contribution in [2.75, 3.05) is 18.0 Å². The number of nitrogens with one attached hydrogen (secondary N) is 1. The van der Waals surface area contributed by atoms with E-state index in [9.17, 15) is 8.78 Å². The van der Waals surface area contributed by atoms with Gasteiger partial charge in [0.25, 0.3) is 0 Å². The summed E-state index contributed by atoms with van der Waals surface area (Å²) < 4.78 is 32.6.